The van der Waals surface area contributed by atoms with Gasteiger partial charge in [-0.25, -0.2) is 0 Å². The molecule has 3 unspecified atom stereocenters. The molecular weight excluding hydrogens is 554 g/mol. The highest BCUT2D eigenvalue weighted by Gasteiger charge is 2.46. The van der Waals surface area contributed by atoms with Gasteiger partial charge in [-0.3, -0.25) is 9.35 Å². The molecule has 0 heterocycles. The normalized spacial score (nSPS) is 15.0. The highest BCUT2D eigenvalue weighted by molar-refractivity contribution is 7.85. The minimum Gasteiger partial charge on any atom is -0.322 e. The Morgan fingerprint density at radius 3 is 1.84 bits per heavy atom. The molecule has 234 valence electrons. The highest BCUT2D eigenvalue weighted by atomic mass is 32.2. The standard InChI is InChI=1S/C37H51NO4S/c1-10-26(2)32(24-36(6,7)37(8,9)33(25-35(3,4)5)28-14-12-11-13-15-28)27-16-18-29(19-17-27)34(39)38-30-20-22-31(23-21-30)43(40,41)42/h11-23,26,32-33H,10,24-25H2,1-9H3,(H,38,39)(H,40,41,42). The zero-order valence-corrected chi connectivity index (χ0v) is 28.3. The Morgan fingerprint density at radius 2 is 1.35 bits per heavy atom. The summed E-state index contributed by atoms with van der Waals surface area (Å²) in [6.07, 6.45) is 3.19. The number of nitrogens with one attached hydrogen (secondary N) is 1. The Morgan fingerprint density at radius 1 is 0.791 bits per heavy atom. The van der Waals surface area contributed by atoms with Crippen LogP contribution in [0.2, 0.25) is 0 Å². The van der Waals surface area contributed by atoms with Crippen LogP contribution in [-0.4, -0.2) is 18.9 Å². The molecule has 5 nitrogen and oxygen atoms in total. The third-order valence-electron chi connectivity index (χ3n) is 9.71. The third-order valence-corrected chi connectivity index (χ3v) is 10.6. The van der Waals surface area contributed by atoms with Crippen molar-refractivity contribution < 1.29 is 17.8 Å². The molecule has 3 aromatic carbocycles. The van der Waals surface area contributed by atoms with Crippen molar-refractivity contribution >= 4 is 21.7 Å². The summed E-state index contributed by atoms with van der Waals surface area (Å²) in [4.78, 5) is 12.8. The van der Waals surface area contributed by atoms with E-state index < -0.39 is 10.1 Å². The van der Waals surface area contributed by atoms with Gasteiger partial charge in [0.25, 0.3) is 16.0 Å². The number of rotatable bonds is 12. The Balaban J connectivity index is 1.86. The van der Waals surface area contributed by atoms with Crippen LogP contribution in [-0.2, 0) is 10.1 Å². The summed E-state index contributed by atoms with van der Waals surface area (Å²) in [6, 6.07) is 24.3. The van der Waals surface area contributed by atoms with Crippen LogP contribution in [0.3, 0.4) is 0 Å². The third kappa shape index (κ3) is 8.79. The topological polar surface area (TPSA) is 83.5 Å². The second kappa shape index (κ2) is 13.4. The van der Waals surface area contributed by atoms with Crippen molar-refractivity contribution in [3.63, 3.8) is 0 Å². The van der Waals surface area contributed by atoms with Gasteiger partial charge in [0.05, 0.1) is 4.90 Å². The van der Waals surface area contributed by atoms with Crippen molar-refractivity contribution in [3.05, 3.63) is 95.6 Å². The first-order chi connectivity index (χ1) is 19.9. The molecule has 0 spiro atoms. The van der Waals surface area contributed by atoms with Crippen LogP contribution in [0.15, 0.2) is 83.8 Å². The first-order valence-corrected chi connectivity index (χ1v) is 16.8. The Labute approximate surface area is 260 Å². The predicted molar refractivity (Wildman–Crippen MR) is 178 cm³/mol. The summed E-state index contributed by atoms with van der Waals surface area (Å²) in [5.41, 5.74) is 3.83. The van der Waals surface area contributed by atoms with E-state index in [0.29, 0.717) is 29.0 Å². The van der Waals surface area contributed by atoms with Crippen LogP contribution >= 0.6 is 0 Å². The van der Waals surface area contributed by atoms with Crippen molar-refractivity contribution in [1.82, 2.24) is 0 Å². The summed E-state index contributed by atoms with van der Waals surface area (Å²) >= 11 is 0. The van der Waals surface area contributed by atoms with Crippen LogP contribution in [0.5, 0.6) is 0 Å². The number of anilines is 1. The maximum atomic E-state index is 13.0. The van der Waals surface area contributed by atoms with Crippen molar-refractivity contribution in [3.8, 4) is 0 Å². The van der Waals surface area contributed by atoms with Gasteiger partial charge in [-0.15, -0.1) is 0 Å². The number of hydrogen-bond acceptors (Lipinski definition) is 3. The Bertz CT molecular complexity index is 1450. The molecular formula is C37H51NO4S. The molecule has 3 rings (SSSR count). The minimum atomic E-state index is -4.29. The van der Waals surface area contributed by atoms with Gasteiger partial charge < -0.3 is 5.32 Å². The molecule has 0 aliphatic heterocycles. The Kier molecular flexibility index (Phi) is 10.7. The van der Waals surface area contributed by atoms with Gasteiger partial charge >= 0.3 is 0 Å². The number of benzene rings is 3. The first-order valence-electron chi connectivity index (χ1n) is 15.4. The minimum absolute atomic E-state index is 0.0110. The highest BCUT2D eigenvalue weighted by Crippen LogP contribution is 2.56. The first kappa shape index (κ1) is 34.5. The smallest absolute Gasteiger partial charge is 0.294 e. The lowest BCUT2D eigenvalue weighted by atomic mass is 9.54. The van der Waals surface area contributed by atoms with Crippen LogP contribution < -0.4 is 5.32 Å². The van der Waals surface area contributed by atoms with E-state index in [0.717, 1.165) is 19.3 Å². The average molecular weight is 606 g/mol. The zero-order valence-electron chi connectivity index (χ0n) is 27.4. The number of carbonyl (C=O) groups is 1. The van der Waals surface area contributed by atoms with Gasteiger partial charge in [-0.1, -0.05) is 111 Å². The van der Waals surface area contributed by atoms with Gasteiger partial charge in [0.1, 0.15) is 0 Å². The number of amides is 1. The van der Waals surface area contributed by atoms with E-state index in [4.69, 9.17) is 0 Å². The van der Waals surface area contributed by atoms with Crippen LogP contribution in [0.1, 0.15) is 115 Å². The van der Waals surface area contributed by atoms with Gasteiger partial charge in [0.15, 0.2) is 0 Å². The largest absolute Gasteiger partial charge is 0.322 e. The monoisotopic (exact) mass is 605 g/mol. The van der Waals surface area contributed by atoms with E-state index in [1.54, 1.807) is 0 Å². The number of hydrogen-bond donors (Lipinski definition) is 2. The SMILES string of the molecule is CCC(C)C(CC(C)(C)C(C)(C)C(CC(C)(C)C)c1ccccc1)c1ccc(C(=O)Nc2ccc(S(=O)(=O)O)cc2)cc1. The van der Waals surface area contributed by atoms with Crippen molar-refractivity contribution in [1.29, 1.82) is 0 Å². The lowest BCUT2D eigenvalue weighted by Crippen LogP contribution is -2.41. The summed E-state index contributed by atoms with van der Waals surface area (Å²) in [5.74, 6) is 0.920. The van der Waals surface area contributed by atoms with E-state index in [1.165, 1.54) is 35.4 Å². The fourth-order valence-electron chi connectivity index (χ4n) is 6.10. The lowest BCUT2D eigenvalue weighted by molar-refractivity contribution is 0.0369. The molecule has 3 aromatic rings. The summed E-state index contributed by atoms with van der Waals surface area (Å²) < 4.78 is 31.8. The molecule has 2 N–H and O–H groups in total. The second-order valence-electron chi connectivity index (χ2n) is 14.6. The van der Waals surface area contributed by atoms with E-state index in [1.807, 2.05) is 12.1 Å². The van der Waals surface area contributed by atoms with E-state index in [-0.39, 0.29) is 27.0 Å². The van der Waals surface area contributed by atoms with Crippen LogP contribution in [0, 0.1) is 22.2 Å². The molecule has 0 aliphatic carbocycles. The average Bonchev–Trinajstić information content (AvgIpc) is 2.94. The molecule has 0 aliphatic rings. The van der Waals surface area contributed by atoms with Crippen LogP contribution in [0.4, 0.5) is 5.69 Å². The van der Waals surface area contributed by atoms with Crippen LogP contribution in [0.25, 0.3) is 0 Å². The maximum absolute atomic E-state index is 13.0. The molecule has 0 bridgehead atoms. The quantitative estimate of drug-likeness (QED) is 0.201. The molecule has 3 atom stereocenters. The van der Waals surface area contributed by atoms with Crippen molar-refractivity contribution in [2.75, 3.05) is 5.32 Å². The van der Waals surface area contributed by atoms with Gasteiger partial charge in [-0.05, 0) is 94.4 Å². The molecule has 1 amide bonds. The van der Waals surface area contributed by atoms with E-state index in [9.17, 15) is 17.8 Å². The predicted octanol–water partition coefficient (Wildman–Crippen LogP) is 9.98. The maximum Gasteiger partial charge on any atom is 0.294 e. The van der Waals surface area contributed by atoms with E-state index >= 15 is 0 Å². The molecule has 0 fully saturated rings. The molecule has 0 saturated carbocycles. The van der Waals surface area contributed by atoms with Gasteiger partial charge in [0.2, 0.25) is 0 Å². The lowest BCUT2D eigenvalue weighted by Gasteiger charge is -2.51. The fourth-order valence-corrected chi connectivity index (χ4v) is 6.58. The zero-order chi connectivity index (χ0) is 32.2. The molecule has 0 aromatic heterocycles. The van der Waals surface area contributed by atoms with E-state index in [2.05, 4.69) is 110 Å². The van der Waals surface area contributed by atoms with Crippen molar-refractivity contribution in [2.45, 2.75) is 98.3 Å². The van der Waals surface area contributed by atoms with Gasteiger partial charge in [-0.2, -0.15) is 8.42 Å². The molecule has 0 saturated heterocycles. The fraction of sp³-hybridized carbons (Fsp3) is 0.486. The summed E-state index contributed by atoms with van der Waals surface area (Å²) in [6.45, 7) is 21.3. The van der Waals surface area contributed by atoms with Crippen molar-refractivity contribution in [2.24, 2.45) is 22.2 Å². The molecule has 43 heavy (non-hydrogen) atoms. The van der Waals surface area contributed by atoms with Gasteiger partial charge in [0, 0.05) is 11.3 Å². The number of carbonyl (C=O) groups excluding carboxylic acids is 1. The molecule has 0 radical (unpaired) electrons. The molecule has 6 heteroatoms. The summed E-state index contributed by atoms with van der Waals surface area (Å²) in [7, 11) is -4.29. The Hall–Kier alpha value is -2.96. The second-order valence-corrected chi connectivity index (χ2v) is 16.0. The summed E-state index contributed by atoms with van der Waals surface area (Å²) in [5, 5.41) is 2.81.